The zero-order valence-corrected chi connectivity index (χ0v) is 30.0. The molecule has 0 bridgehead atoms. The van der Waals surface area contributed by atoms with Gasteiger partial charge in [-0.2, -0.15) is 0 Å². The number of aromatic nitrogens is 2. The molecule has 7 rings (SSSR count). The number of esters is 2. The number of thioether (sulfide) groups is 1. The van der Waals surface area contributed by atoms with E-state index in [0.29, 0.717) is 39.3 Å². The number of carbonyl (C=O) groups excluding carboxylic acids is 2. The van der Waals surface area contributed by atoms with E-state index in [1.807, 2.05) is 103 Å². The smallest absolute Gasteiger partial charge is 0.338 e. The van der Waals surface area contributed by atoms with Gasteiger partial charge >= 0.3 is 11.9 Å². The Kier molecular flexibility index (Phi) is 9.87. The van der Waals surface area contributed by atoms with Gasteiger partial charge in [0.05, 0.1) is 40.6 Å². The summed E-state index contributed by atoms with van der Waals surface area (Å²) in [6.07, 6.45) is 5.96. The van der Waals surface area contributed by atoms with E-state index in [1.54, 1.807) is 42.3 Å². The molecule has 1 aliphatic heterocycles. The molecule has 256 valence electrons. The number of thiazole rings is 1. The topological polar surface area (TPSA) is 91.9 Å². The van der Waals surface area contributed by atoms with Gasteiger partial charge in [-0.05, 0) is 67.6 Å². The van der Waals surface area contributed by atoms with Crippen molar-refractivity contribution in [1.82, 2.24) is 9.13 Å². The minimum absolute atomic E-state index is 0.187. The number of fused-ring (bicyclic) bond motifs is 2. The van der Waals surface area contributed by atoms with Crippen LogP contribution < -0.4 is 14.9 Å². The van der Waals surface area contributed by atoms with E-state index in [9.17, 15) is 14.4 Å². The number of hydrogen-bond donors (Lipinski definition) is 0. The zero-order valence-electron chi connectivity index (χ0n) is 28.4. The second kappa shape index (κ2) is 14.8. The molecule has 4 aromatic carbocycles. The van der Waals surface area contributed by atoms with E-state index in [-0.39, 0.29) is 18.1 Å². The van der Waals surface area contributed by atoms with Gasteiger partial charge in [0.25, 0.3) is 5.56 Å². The Bertz CT molecular complexity index is 2460. The number of ether oxygens (including phenoxy) is 2. The number of carbonyl (C=O) groups is 2. The first-order chi connectivity index (χ1) is 24.9. The van der Waals surface area contributed by atoms with Crippen molar-refractivity contribution in [2.24, 2.45) is 4.99 Å². The predicted octanol–water partition coefficient (Wildman–Crippen LogP) is 6.84. The van der Waals surface area contributed by atoms with Crippen molar-refractivity contribution in [3.05, 3.63) is 162 Å². The summed E-state index contributed by atoms with van der Waals surface area (Å²) in [5, 5.41) is 0.993. The minimum Gasteiger partial charge on any atom is -0.463 e. The quantitative estimate of drug-likeness (QED) is 0.114. The molecule has 8 nitrogen and oxygen atoms in total. The summed E-state index contributed by atoms with van der Waals surface area (Å²) in [5.41, 5.74) is 5.55. The maximum Gasteiger partial charge on any atom is 0.338 e. The molecule has 51 heavy (non-hydrogen) atoms. The molecule has 0 amide bonds. The fourth-order valence-corrected chi connectivity index (χ4v) is 7.76. The summed E-state index contributed by atoms with van der Waals surface area (Å²) in [6.45, 7) is 4.63. The third-order valence-corrected chi connectivity index (χ3v) is 10.5. The van der Waals surface area contributed by atoms with Crippen LogP contribution >= 0.6 is 23.1 Å². The van der Waals surface area contributed by atoms with Crippen molar-refractivity contribution in [2.75, 3.05) is 19.5 Å². The molecule has 3 heterocycles. The molecular weight excluding hydrogens is 679 g/mol. The highest BCUT2D eigenvalue weighted by Gasteiger charge is 2.35. The average molecular weight is 714 g/mol. The van der Waals surface area contributed by atoms with Crippen molar-refractivity contribution in [3.8, 4) is 0 Å². The van der Waals surface area contributed by atoms with Crippen molar-refractivity contribution >= 4 is 57.7 Å². The Hall–Kier alpha value is -5.45. The van der Waals surface area contributed by atoms with Crippen LogP contribution in [0.15, 0.2) is 130 Å². The minimum atomic E-state index is -0.743. The molecule has 0 saturated carbocycles. The monoisotopic (exact) mass is 713 g/mol. The zero-order chi connectivity index (χ0) is 35.5. The van der Waals surface area contributed by atoms with Crippen LogP contribution in [-0.4, -0.2) is 40.5 Å². The predicted molar refractivity (Wildman–Crippen MR) is 203 cm³/mol. The van der Waals surface area contributed by atoms with Crippen molar-refractivity contribution < 1.29 is 19.1 Å². The van der Waals surface area contributed by atoms with E-state index < -0.39 is 12.0 Å². The van der Waals surface area contributed by atoms with Gasteiger partial charge in [0.1, 0.15) is 0 Å². The van der Waals surface area contributed by atoms with Crippen LogP contribution in [0.4, 0.5) is 0 Å². The number of para-hydroxylation sites is 1. The Morgan fingerprint density at radius 1 is 0.863 bits per heavy atom. The lowest BCUT2D eigenvalue weighted by molar-refractivity contribution is -0.138. The van der Waals surface area contributed by atoms with E-state index in [1.165, 1.54) is 11.3 Å². The maximum absolute atomic E-state index is 14.5. The average Bonchev–Trinajstić information content (AvgIpc) is 3.67. The van der Waals surface area contributed by atoms with Gasteiger partial charge in [-0.25, -0.2) is 14.6 Å². The van der Waals surface area contributed by atoms with Gasteiger partial charge < -0.3 is 14.0 Å². The second-order valence-electron chi connectivity index (χ2n) is 11.9. The molecular formula is C41H35N3O5S2. The molecule has 0 radical (unpaired) electrons. The molecule has 2 aromatic heterocycles. The highest BCUT2D eigenvalue weighted by Crippen LogP contribution is 2.36. The molecule has 1 atom stereocenters. The van der Waals surface area contributed by atoms with E-state index in [4.69, 9.17) is 14.5 Å². The Morgan fingerprint density at radius 2 is 1.55 bits per heavy atom. The van der Waals surface area contributed by atoms with Crippen LogP contribution in [0.2, 0.25) is 0 Å². The van der Waals surface area contributed by atoms with E-state index >= 15 is 0 Å². The fourth-order valence-electron chi connectivity index (χ4n) is 6.36. The highest BCUT2D eigenvalue weighted by molar-refractivity contribution is 7.98. The molecule has 0 aliphatic carbocycles. The first-order valence-electron chi connectivity index (χ1n) is 16.7. The molecule has 0 unspecified atom stereocenters. The van der Waals surface area contributed by atoms with Crippen LogP contribution in [0.1, 0.15) is 52.5 Å². The molecule has 0 saturated heterocycles. The third kappa shape index (κ3) is 6.72. The summed E-state index contributed by atoms with van der Waals surface area (Å²) >= 11 is 2.93. The molecule has 10 heteroatoms. The SMILES string of the molecule is CCOC(=O)C1=C(c2ccccc2)N=c2s/c(=C\c3cn(Cc4ccc(C(=O)OCC)cc4)c4ccccc34)c(=O)n2[C@@H]1c1ccc(SC)cc1. The first-order valence-corrected chi connectivity index (χ1v) is 18.7. The second-order valence-corrected chi connectivity index (χ2v) is 13.7. The summed E-state index contributed by atoms with van der Waals surface area (Å²) in [5.74, 6) is -0.851. The largest absolute Gasteiger partial charge is 0.463 e. The van der Waals surface area contributed by atoms with Crippen LogP contribution in [0.3, 0.4) is 0 Å². The van der Waals surface area contributed by atoms with Crippen molar-refractivity contribution in [2.45, 2.75) is 31.3 Å². The normalized spacial score (nSPS) is 14.3. The number of hydrogen-bond acceptors (Lipinski definition) is 8. The van der Waals surface area contributed by atoms with Crippen LogP contribution in [-0.2, 0) is 20.8 Å². The molecule has 0 spiro atoms. The lowest BCUT2D eigenvalue weighted by atomic mass is 9.93. The summed E-state index contributed by atoms with van der Waals surface area (Å²) in [4.78, 5) is 47.1. The molecule has 0 fully saturated rings. The molecule has 6 aromatic rings. The Labute approximate surface area is 303 Å². The van der Waals surface area contributed by atoms with Crippen molar-refractivity contribution in [3.63, 3.8) is 0 Å². The van der Waals surface area contributed by atoms with Crippen LogP contribution in [0.5, 0.6) is 0 Å². The van der Waals surface area contributed by atoms with Gasteiger partial charge in [0, 0.05) is 39.7 Å². The summed E-state index contributed by atoms with van der Waals surface area (Å²) < 4.78 is 15.0. The molecule has 0 N–H and O–H groups in total. The lowest BCUT2D eigenvalue weighted by Gasteiger charge is -2.26. The highest BCUT2D eigenvalue weighted by atomic mass is 32.2. The van der Waals surface area contributed by atoms with Gasteiger partial charge in [-0.3, -0.25) is 9.36 Å². The van der Waals surface area contributed by atoms with E-state index in [0.717, 1.165) is 38.1 Å². The van der Waals surface area contributed by atoms with Gasteiger partial charge in [0.2, 0.25) is 0 Å². The lowest BCUT2D eigenvalue weighted by Crippen LogP contribution is -2.40. The van der Waals surface area contributed by atoms with Crippen LogP contribution in [0.25, 0.3) is 22.7 Å². The standard InChI is InChI=1S/C41H35N3O5S2/c1-4-48-39(46)29-17-15-26(16-18-29)24-43-25-30(32-13-9-10-14-33(32)43)23-34-38(45)44-37(28-19-21-31(50-3)22-20-28)35(40(47)49-5-2)36(42-41(44)51-34)27-11-7-6-8-12-27/h6-23,25,37H,4-5,24H2,1-3H3/b34-23-/t37-/m1/s1. The van der Waals surface area contributed by atoms with Crippen molar-refractivity contribution in [1.29, 1.82) is 0 Å². The van der Waals surface area contributed by atoms with Crippen LogP contribution in [0, 0.1) is 0 Å². The van der Waals surface area contributed by atoms with Gasteiger partial charge in [0.15, 0.2) is 4.80 Å². The van der Waals surface area contributed by atoms with Gasteiger partial charge in [-0.15, -0.1) is 11.8 Å². The number of nitrogens with zero attached hydrogens (tertiary/aromatic N) is 3. The third-order valence-electron chi connectivity index (χ3n) is 8.73. The molecule has 1 aliphatic rings. The summed E-state index contributed by atoms with van der Waals surface area (Å²) in [7, 11) is 0. The van der Waals surface area contributed by atoms with E-state index in [2.05, 4.69) is 10.6 Å². The Balaban J connectivity index is 1.37. The Morgan fingerprint density at radius 3 is 2.25 bits per heavy atom. The fraction of sp³-hybridized carbons (Fsp3) is 0.171. The van der Waals surface area contributed by atoms with Gasteiger partial charge in [-0.1, -0.05) is 84.1 Å². The number of benzene rings is 4. The summed E-state index contributed by atoms with van der Waals surface area (Å²) in [6, 6.07) is 32.2. The maximum atomic E-state index is 14.5. The first kappa shape index (κ1) is 34.0. The number of rotatable bonds is 10.